The predicted molar refractivity (Wildman–Crippen MR) is 77.7 cm³/mol. The van der Waals surface area contributed by atoms with Gasteiger partial charge in [-0.25, -0.2) is 4.79 Å². The number of ether oxygens (including phenoxy) is 2. The molecule has 0 heterocycles. The number of amides is 1. The Balaban J connectivity index is 2.24. The molecule has 0 radical (unpaired) electrons. The molecule has 5 heteroatoms. The van der Waals surface area contributed by atoms with Crippen LogP contribution in [0.3, 0.4) is 0 Å². The smallest absolute Gasteiger partial charge is 0.407 e. The lowest BCUT2D eigenvalue weighted by Crippen LogP contribution is -2.42. The van der Waals surface area contributed by atoms with Gasteiger partial charge in [-0.3, -0.25) is 0 Å². The summed E-state index contributed by atoms with van der Waals surface area (Å²) in [5, 5.41) is 12.5. The summed E-state index contributed by atoms with van der Waals surface area (Å²) in [5.41, 5.74) is -1.25. The second kappa shape index (κ2) is 6.76. The number of carbonyl (C=O) groups is 1. The molecule has 0 aliphatic heterocycles. The van der Waals surface area contributed by atoms with Gasteiger partial charge in [0.05, 0.1) is 18.3 Å². The van der Waals surface area contributed by atoms with Crippen molar-refractivity contribution in [1.82, 2.24) is 5.32 Å². The summed E-state index contributed by atoms with van der Waals surface area (Å²) in [6.45, 7) is 9.39. The summed E-state index contributed by atoms with van der Waals surface area (Å²) in [5.74, 6) is 0. The van der Waals surface area contributed by atoms with Gasteiger partial charge in [-0.15, -0.1) is 0 Å². The van der Waals surface area contributed by atoms with E-state index < -0.39 is 11.2 Å². The van der Waals surface area contributed by atoms with Crippen molar-refractivity contribution >= 4 is 6.09 Å². The van der Waals surface area contributed by atoms with Gasteiger partial charge in [0.2, 0.25) is 0 Å². The van der Waals surface area contributed by atoms with Crippen LogP contribution in [0.2, 0.25) is 0 Å². The number of alkyl carbamates (subject to hydrolysis) is 1. The van der Waals surface area contributed by atoms with Crippen LogP contribution in [0.4, 0.5) is 4.79 Å². The summed E-state index contributed by atoms with van der Waals surface area (Å²) < 4.78 is 10.9. The van der Waals surface area contributed by atoms with Crippen molar-refractivity contribution in [3.8, 4) is 0 Å². The molecule has 0 atom stereocenters. The van der Waals surface area contributed by atoms with Crippen molar-refractivity contribution < 1.29 is 19.4 Å². The number of nitrogens with one attached hydrogen (secondary N) is 1. The molecule has 0 unspecified atom stereocenters. The maximum absolute atomic E-state index is 11.7. The first-order valence-corrected chi connectivity index (χ1v) is 7.39. The molecule has 2 N–H and O–H groups in total. The zero-order valence-corrected chi connectivity index (χ0v) is 13.4. The highest BCUT2D eigenvalue weighted by atomic mass is 16.6. The lowest BCUT2D eigenvalue weighted by atomic mass is 9.93. The third-order valence-electron chi connectivity index (χ3n) is 3.07. The number of hydrogen-bond donors (Lipinski definition) is 2. The highest BCUT2D eigenvalue weighted by molar-refractivity contribution is 5.68. The molecular formula is C15H29NO4. The van der Waals surface area contributed by atoms with Gasteiger partial charge in [0, 0.05) is 6.04 Å². The van der Waals surface area contributed by atoms with E-state index in [1.165, 1.54) is 0 Å². The van der Waals surface area contributed by atoms with Gasteiger partial charge in [0.1, 0.15) is 5.60 Å². The van der Waals surface area contributed by atoms with Crippen LogP contribution < -0.4 is 5.32 Å². The molecule has 1 aliphatic rings. The Kier molecular flexibility index (Phi) is 5.83. The fourth-order valence-electron chi connectivity index (χ4n) is 2.17. The van der Waals surface area contributed by atoms with Gasteiger partial charge in [-0.1, -0.05) is 0 Å². The predicted octanol–water partition coefficient (Wildman–Crippen LogP) is 2.61. The summed E-state index contributed by atoms with van der Waals surface area (Å²) in [6, 6.07) is 0.159. The number of hydrogen-bond acceptors (Lipinski definition) is 4. The Bertz CT molecular complexity index is 309. The van der Waals surface area contributed by atoms with Crippen molar-refractivity contribution in [2.24, 2.45) is 0 Å². The average molecular weight is 287 g/mol. The quantitative estimate of drug-likeness (QED) is 0.834. The molecule has 118 valence electrons. The Morgan fingerprint density at radius 1 is 1.15 bits per heavy atom. The van der Waals surface area contributed by atoms with E-state index in [0.717, 1.165) is 25.7 Å². The second-order valence-corrected chi connectivity index (χ2v) is 7.24. The minimum absolute atomic E-state index is 0.159. The van der Waals surface area contributed by atoms with E-state index in [1.807, 2.05) is 20.8 Å². The van der Waals surface area contributed by atoms with Crippen molar-refractivity contribution in [3.05, 3.63) is 0 Å². The zero-order chi connectivity index (χ0) is 15.4. The highest BCUT2D eigenvalue weighted by Gasteiger charge is 2.26. The van der Waals surface area contributed by atoms with Crippen molar-refractivity contribution in [1.29, 1.82) is 0 Å². The molecule has 20 heavy (non-hydrogen) atoms. The molecule has 0 bridgehead atoms. The molecule has 1 aliphatic carbocycles. The maximum atomic E-state index is 11.7. The summed E-state index contributed by atoms with van der Waals surface area (Å²) >= 11 is 0. The molecule has 0 aromatic carbocycles. The molecule has 0 spiro atoms. The molecule has 1 rings (SSSR count). The van der Waals surface area contributed by atoms with Crippen LogP contribution in [-0.4, -0.2) is 41.2 Å². The molecule has 0 aromatic heterocycles. The van der Waals surface area contributed by atoms with Gasteiger partial charge < -0.3 is 19.9 Å². The van der Waals surface area contributed by atoms with Crippen LogP contribution in [0, 0.1) is 0 Å². The first-order chi connectivity index (χ1) is 9.05. The summed E-state index contributed by atoms with van der Waals surface area (Å²) in [4.78, 5) is 11.7. The molecule has 0 aromatic rings. The lowest BCUT2D eigenvalue weighted by molar-refractivity contribution is -0.0643. The van der Waals surface area contributed by atoms with Crippen LogP contribution in [0.15, 0.2) is 0 Å². The standard InChI is InChI=1S/C15H29NO4/c1-14(2,3)20-13(17)16-11-6-8-12(9-7-11)19-10-15(4,5)18/h11-12,18H,6-10H2,1-5H3,(H,16,17). The molecular weight excluding hydrogens is 258 g/mol. The lowest BCUT2D eigenvalue weighted by Gasteiger charge is -2.31. The first-order valence-electron chi connectivity index (χ1n) is 7.39. The Morgan fingerprint density at radius 3 is 2.15 bits per heavy atom. The Hall–Kier alpha value is -0.810. The molecule has 0 saturated heterocycles. The normalized spacial score (nSPS) is 24.3. The Morgan fingerprint density at radius 2 is 1.70 bits per heavy atom. The Labute approximate surface area is 122 Å². The number of carbonyl (C=O) groups excluding carboxylic acids is 1. The van der Waals surface area contributed by atoms with Gasteiger partial charge in [0.15, 0.2) is 0 Å². The minimum atomic E-state index is -0.786. The first kappa shape index (κ1) is 17.2. The average Bonchev–Trinajstić information content (AvgIpc) is 2.24. The van der Waals surface area contributed by atoms with E-state index in [1.54, 1.807) is 13.8 Å². The molecule has 1 amide bonds. The third kappa shape index (κ3) is 7.70. The number of aliphatic hydroxyl groups is 1. The van der Waals surface area contributed by atoms with Gasteiger partial charge >= 0.3 is 6.09 Å². The number of rotatable bonds is 4. The fraction of sp³-hybridized carbons (Fsp3) is 0.933. The van der Waals surface area contributed by atoms with Crippen LogP contribution >= 0.6 is 0 Å². The zero-order valence-electron chi connectivity index (χ0n) is 13.4. The van der Waals surface area contributed by atoms with E-state index in [-0.39, 0.29) is 18.2 Å². The van der Waals surface area contributed by atoms with E-state index in [0.29, 0.717) is 6.61 Å². The highest BCUT2D eigenvalue weighted by Crippen LogP contribution is 2.22. The molecule has 1 fully saturated rings. The van der Waals surface area contributed by atoms with Gasteiger partial charge in [0.25, 0.3) is 0 Å². The van der Waals surface area contributed by atoms with E-state index >= 15 is 0 Å². The molecule has 1 saturated carbocycles. The summed E-state index contributed by atoms with van der Waals surface area (Å²) in [6.07, 6.45) is 3.40. The monoisotopic (exact) mass is 287 g/mol. The SMILES string of the molecule is CC(C)(O)COC1CCC(NC(=O)OC(C)(C)C)CC1. The topological polar surface area (TPSA) is 67.8 Å². The summed E-state index contributed by atoms with van der Waals surface area (Å²) in [7, 11) is 0. The van der Waals surface area contributed by atoms with Gasteiger partial charge in [-0.05, 0) is 60.3 Å². The van der Waals surface area contributed by atoms with Crippen LogP contribution in [0.25, 0.3) is 0 Å². The molecule has 5 nitrogen and oxygen atoms in total. The van der Waals surface area contributed by atoms with E-state index in [9.17, 15) is 9.90 Å². The van der Waals surface area contributed by atoms with E-state index in [2.05, 4.69) is 5.32 Å². The van der Waals surface area contributed by atoms with Crippen molar-refractivity contribution in [2.75, 3.05) is 6.61 Å². The third-order valence-corrected chi connectivity index (χ3v) is 3.07. The van der Waals surface area contributed by atoms with Crippen molar-refractivity contribution in [3.63, 3.8) is 0 Å². The second-order valence-electron chi connectivity index (χ2n) is 7.24. The minimum Gasteiger partial charge on any atom is -0.444 e. The largest absolute Gasteiger partial charge is 0.444 e. The van der Waals surface area contributed by atoms with Crippen LogP contribution in [0.1, 0.15) is 60.3 Å². The van der Waals surface area contributed by atoms with E-state index in [4.69, 9.17) is 9.47 Å². The van der Waals surface area contributed by atoms with Crippen molar-refractivity contribution in [2.45, 2.75) is 83.6 Å². The van der Waals surface area contributed by atoms with Crippen LogP contribution in [-0.2, 0) is 9.47 Å². The maximum Gasteiger partial charge on any atom is 0.407 e. The van der Waals surface area contributed by atoms with Gasteiger partial charge in [-0.2, -0.15) is 0 Å². The fourth-order valence-corrected chi connectivity index (χ4v) is 2.17. The van der Waals surface area contributed by atoms with Crippen LogP contribution in [0.5, 0.6) is 0 Å².